The largest absolute Gasteiger partial charge is 0.347 e. The van der Waals surface area contributed by atoms with Crippen LogP contribution in [0.1, 0.15) is 16.8 Å². The predicted molar refractivity (Wildman–Crippen MR) is 94.2 cm³/mol. The number of anilines is 1. The minimum Gasteiger partial charge on any atom is -0.347 e. The van der Waals surface area contributed by atoms with Gasteiger partial charge < -0.3 is 10.2 Å². The number of carbonyl (C=O) groups is 2. The van der Waals surface area contributed by atoms with Gasteiger partial charge in [-0.2, -0.15) is 0 Å². The number of amides is 2. The SMILES string of the molecule is O=C(N[C@@H]1CC(=O)N(c2ccccc2)C1)c1ccnc2ccncc12. The first-order valence-electron chi connectivity index (χ1n) is 8.07. The molecule has 3 heterocycles. The second-order valence-electron chi connectivity index (χ2n) is 5.97. The van der Waals surface area contributed by atoms with Crippen molar-refractivity contribution in [2.24, 2.45) is 0 Å². The Balaban J connectivity index is 1.53. The number of rotatable bonds is 3. The normalized spacial score (nSPS) is 17.0. The molecule has 124 valence electrons. The van der Waals surface area contributed by atoms with Crippen LogP contribution in [0.15, 0.2) is 61.1 Å². The minimum absolute atomic E-state index is 0.0118. The highest BCUT2D eigenvalue weighted by Gasteiger charge is 2.31. The molecule has 1 fully saturated rings. The van der Waals surface area contributed by atoms with Crippen LogP contribution in [0.3, 0.4) is 0 Å². The van der Waals surface area contributed by atoms with Crippen LogP contribution in [0, 0.1) is 0 Å². The Labute approximate surface area is 144 Å². The summed E-state index contributed by atoms with van der Waals surface area (Å²) < 4.78 is 0. The molecule has 1 aliphatic rings. The van der Waals surface area contributed by atoms with Gasteiger partial charge in [-0.3, -0.25) is 19.6 Å². The summed E-state index contributed by atoms with van der Waals surface area (Å²) in [6.07, 6.45) is 5.17. The Bertz CT molecular complexity index is 937. The van der Waals surface area contributed by atoms with Gasteiger partial charge in [-0.05, 0) is 24.3 Å². The second kappa shape index (κ2) is 6.32. The summed E-state index contributed by atoms with van der Waals surface area (Å²) in [5.74, 6) is -0.203. The van der Waals surface area contributed by atoms with E-state index in [-0.39, 0.29) is 17.9 Å². The Morgan fingerprint density at radius 1 is 1.12 bits per heavy atom. The number of para-hydroxylation sites is 1. The zero-order valence-corrected chi connectivity index (χ0v) is 13.4. The van der Waals surface area contributed by atoms with Crippen molar-refractivity contribution in [3.8, 4) is 0 Å². The molecule has 0 radical (unpaired) electrons. The Morgan fingerprint density at radius 2 is 1.96 bits per heavy atom. The third kappa shape index (κ3) is 2.94. The van der Waals surface area contributed by atoms with Crippen molar-refractivity contribution >= 4 is 28.4 Å². The average Bonchev–Trinajstić information content (AvgIpc) is 3.02. The van der Waals surface area contributed by atoms with Gasteiger partial charge in [-0.25, -0.2) is 0 Å². The molecule has 1 N–H and O–H groups in total. The summed E-state index contributed by atoms with van der Waals surface area (Å²) in [5.41, 5.74) is 2.09. The van der Waals surface area contributed by atoms with Gasteiger partial charge in [0.2, 0.25) is 5.91 Å². The molecule has 25 heavy (non-hydrogen) atoms. The van der Waals surface area contributed by atoms with Crippen LogP contribution in [0.2, 0.25) is 0 Å². The van der Waals surface area contributed by atoms with Crippen LogP contribution >= 0.6 is 0 Å². The molecule has 0 aliphatic carbocycles. The van der Waals surface area contributed by atoms with Crippen LogP contribution in [-0.2, 0) is 4.79 Å². The van der Waals surface area contributed by atoms with Crippen molar-refractivity contribution in [1.29, 1.82) is 0 Å². The van der Waals surface area contributed by atoms with E-state index in [9.17, 15) is 9.59 Å². The molecule has 6 nitrogen and oxygen atoms in total. The summed E-state index contributed by atoms with van der Waals surface area (Å²) in [7, 11) is 0. The molecule has 6 heteroatoms. The van der Waals surface area contributed by atoms with Gasteiger partial charge in [0.1, 0.15) is 0 Å². The highest BCUT2D eigenvalue weighted by molar-refractivity contribution is 6.06. The Morgan fingerprint density at radius 3 is 2.80 bits per heavy atom. The van der Waals surface area contributed by atoms with E-state index in [1.54, 1.807) is 35.6 Å². The Hall–Kier alpha value is -3.28. The molecule has 1 atom stereocenters. The van der Waals surface area contributed by atoms with E-state index >= 15 is 0 Å². The molecular weight excluding hydrogens is 316 g/mol. The zero-order chi connectivity index (χ0) is 17.2. The van der Waals surface area contributed by atoms with E-state index in [4.69, 9.17) is 0 Å². The van der Waals surface area contributed by atoms with Gasteiger partial charge in [0, 0.05) is 42.6 Å². The highest BCUT2D eigenvalue weighted by Crippen LogP contribution is 2.22. The predicted octanol–water partition coefficient (Wildman–Crippen LogP) is 2.17. The number of pyridine rings is 2. The third-order valence-electron chi connectivity index (χ3n) is 4.32. The summed E-state index contributed by atoms with van der Waals surface area (Å²) in [4.78, 5) is 35.0. The van der Waals surface area contributed by atoms with Gasteiger partial charge in [-0.15, -0.1) is 0 Å². The smallest absolute Gasteiger partial charge is 0.252 e. The third-order valence-corrected chi connectivity index (χ3v) is 4.32. The quantitative estimate of drug-likeness (QED) is 0.797. The number of nitrogens with zero attached hydrogens (tertiary/aromatic N) is 3. The molecule has 0 unspecified atom stereocenters. The van der Waals surface area contributed by atoms with Crippen LogP contribution in [-0.4, -0.2) is 34.4 Å². The standard InChI is InChI=1S/C19H16N4O2/c24-18-10-13(12-23(18)14-4-2-1-3-5-14)22-19(25)15-6-9-21-17-7-8-20-11-16(15)17/h1-9,11,13H,10,12H2,(H,22,25)/t13-/m1/s1. The van der Waals surface area contributed by atoms with Crippen molar-refractivity contribution < 1.29 is 9.59 Å². The van der Waals surface area contributed by atoms with E-state index in [1.807, 2.05) is 30.3 Å². The van der Waals surface area contributed by atoms with Crippen molar-refractivity contribution in [3.63, 3.8) is 0 Å². The van der Waals surface area contributed by atoms with Crippen LogP contribution in [0.5, 0.6) is 0 Å². The first-order valence-corrected chi connectivity index (χ1v) is 8.07. The lowest BCUT2D eigenvalue weighted by Crippen LogP contribution is -2.37. The molecule has 1 saturated heterocycles. The van der Waals surface area contributed by atoms with Crippen molar-refractivity contribution in [2.45, 2.75) is 12.5 Å². The van der Waals surface area contributed by atoms with E-state index in [1.165, 1.54) is 0 Å². The van der Waals surface area contributed by atoms with E-state index in [2.05, 4.69) is 15.3 Å². The number of aromatic nitrogens is 2. The van der Waals surface area contributed by atoms with Gasteiger partial charge >= 0.3 is 0 Å². The fourth-order valence-corrected chi connectivity index (χ4v) is 3.11. The maximum Gasteiger partial charge on any atom is 0.252 e. The van der Waals surface area contributed by atoms with Crippen molar-refractivity contribution in [1.82, 2.24) is 15.3 Å². The summed E-state index contributed by atoms with van der Waals surface area (Å²) in [6, 6.07) is 12.7. The Kier molecular flexibility index (Phi) is 3.85. The molecule has 2 aromatic heterocycles. The number of hydrogen-bond donors (Lipinski definition) is 1. The van der Waals surface area contributed by atoms with E-state index in [0.717, 1.165) is 11.2 Å². The number of nitrogens with one attached hydrogen (secondary N) is 1. The molecule has 2 amide bonds. The molecule has 0 spiro atoms. The van der Waals surface area contributed by atoms with E-state index in [0.29, 0.717) is 23.9 Å². The second-order valence-corrected chi connectivity index (χ2v) is 5.97. The maximum atomic E-state index is 12.7. The van der Waals surface area contributed by atoms with Crippen molar-refractivity contribution in [3.05, 3.63) is 66.6 Å². The zero-order valence-electron chi connectivity index (χ0n) is 13.4. The first-order chi connectivity index (χ1) is 12.2. The lowest BCUT2D eigenvalue weighted by molar-refractivity contribution is -0.117. The summed E-state index contributed by atoms with van der Waals surface area (Å²) in [5, 5.41) is 3.66. The molecular formula is C19H16N4O2. The van der Waals surface area contributed by atoms with Gasteiger partial charge in [0.05, 0.1) is 17.1 Å². The van der Waals surface area contributed by atoms with Crippen LogP contribution in [0.25, 0.3) is 10.9 Å². The molecule has 0 saturated carbocycles. The number of fused-ring (bicyclic) bond motifs is 1. The topological polar surface area (TPSA) is 75.2 Å². The average molecular weight is 332 g/mol. The van der Waals surface area contributed by atoms with Gasteiger partial charge in [-0.1, -0.05) is 18.2 Å². The van der Waals surface area contributed by atoms with Crippen LogP contribution in [0.4, 0.5) is 5.69 Å². The van der Waals surface area contributed by atoms with Gasteiger partial charge in [0.15, 0.2) is 0 Å². The molecule has 4 rings (SSSR count). The molecule has 1 aromatic carbocycles. The summed E-state index contributed by atoms with van der Waals surface area (Å²) >= 11 is 0. The maximum absolute atomic E-state index is 12.7. The number of benzene rings is 1. The molecule has 1 aliphatic heterocycles. The monoisotopic (exact) mass is 332 g/mol. The van der Waals surface area contributed by atoms with Crippen molar-refractivity contribution in [2.75, 3.05) is 11.4 Å². The molecule has 3 aromatic rings. The van der Waals surface area contributed by atoms with E-state index < -0.39 is 0 Å². The number of carbonyl (C=O) groups excluding carboxylic acids is 2. The highest BCUT2D eigenvalue weighted by atomic mass is 16.2. The lowest BCUT2D eigenvalue weighted by Gasteiger charge is -2.17. The number of hydrogen-bond acceptors (Lipinski definition) is 4. The minimum atomic E-state index is -0.222. The summed E-state index contributed by atoms with van der Waals surface area (Å²) in [6.45, 7) is 0.468. The van der Waals surface area contributed by atoms with Gasteiger partial charge in [0.25, 0.3) is 5.91 Å². The fraction of sp³-hybridized carbons (Fsp3) is 0.158. The first kappa shape index (κ1) is 15.3. The lowest BCUT2D eigenvalue weighted by atomic mass is 10.1. The molecule has 0 bridgehead atoms. The van der Waals surface area contributed by atoms with Crippen LogP contribution < -0.4 is 10.2 Å². The fourth-order valence-electron chi connectivity index (χ4n) is 3.11.